The lowest BCUT2D eigenvalue weighted by molar-refractivity contribution is 0.0513. The summed E-state index contributed by atoms with van der Waals surface area (Å²) in [5, 5.41) is 11.1. The highest BCUT2D eigenvalue weighted by molar-refractivity contribution is 6.05. The molecule has 0 bridgehead atoms. The Hall–Kier alpha value is -4.09. The lowest BCUT2D eigenvalue weighted by atomic mass is 9.95. The molecular formula is C23H19FN4O3. The lowest BCUT2D eigenvalue weighted by Crippen LogP contribution is -2.14. The maximum atomic E-state index is 13.8. The first kappa shape index (κ1) is 21.6. The van der Waals surface area contributed by atoms with Crippen molar-refractivity contribution in [3.8, 4) is 17.2 Å². The average Bonchev–Trinajstić information content (AvgIpc) is 2.80. The molecule has 2 aromatic carbocycles. The number of anilines is 1. The molecule has 0 fully saturated rings. The number of nitrogens with two attached hydrogens (primary N) is 1. The van der Waals surface area contributed by atoms with E-state index in [2.05, 4.69) is 10.3 Å². The van der Waals surface area contributed by atoms with Gasteiger partial charge in [0.25, 0.3) is 5.91 Å². The van der Waals surface area contributed by atoms with Crippen LogP contribution in [-0.4, -0.2) is 23.5 Å². The largest absolute Gasteiger partial charge is 0.461 e. The summed E-state index contributed by atoms with van der Waals surface area (Å²) < 4.78 is 18.9. The summed E-state index contributed by atoms with van der Waals surface area (Å²) in [5.41, 5.74) is 8.58. The second-order valence-electron chi connectivity index (χ2n) is 6.51. The zero-order chi connectivity index (χ0) is 22.2. The zero-order valence-electron chi connectivity index (χ0n) is 16.5. The minimum Gasteiger partial charge on any atom is -0.461 e. The summed E-state index contributed by atoms with van der Waals surface area (Å²) in [4.78, 5) is 28.5. The lowest BCUT2D eigenvalue weighted by Gasteiger charge is -2.12. The van der Waals surface area contributed by atoms with Gasteiger partial charge in [-0.1, -0.05) is 18.2 Å². The van der Waals surface area contributed by atoms with Gasteiger partial charge in [0, 0.05) is 18.3 Å². The summed E-state index contributed by atoms with van der Waals surface area (Å²) in [6, 6.07) is 14.9. The number of hydrogen-bond donors (Lipinski definition) is 2. The molecule has 1 amide bonds. The highest BCUT2D eigenvalue weighted by Gasteiger charge is 2.14. The molecule has 1 heterocycles. The molecule has 156 valence electrons. The van der Waals surface area contributed by atoms with E-state index in [1.165, 1.54) is 12.3 Å². The summed E-state index contributed by atoms with van der Waals surface area (Å²) in [6.45, 7) is 0.224. The van der Waals surface area contributed by atoms with E-state index in [0.29, 0.717) is 22.3 Å². The molecular weight excluding hydrogens is 399 g/mol. The minimum atomic E-state index is -0.641. The van der Waals surface area contributed by atoms with Gasteiger partial charge in [0.2, 0.25) is 0 Å². The number of hydrogen-bond acceptors (Lipinski definition) is 6. The van der Waals surface area contributed by atoms with Gasteiger partial charge in [-0.25, -0.2) is 9.18 Å². The van der Waals surface area contributed by atoms with Crippen LogP contribution in [0.5, 0.6) is 0 Å². The molecule has 0 radical (unpaired) electrons. The Kier molecular flexibility index (Phi) is 7.04. The predicted octanol–water partition coefficient (Wildman–Crippen LogP) is 3.67. The van der Waals surface area contributed by atoms with Crippen LogP contribution in [0.15, 0.2) is 60.9 Å². The van der Waals surface area contributed by atoms with Crippen molar-refractivity contribution >= 4 is 17.6 Å². The monoisotopic (exact) mass is 418 g/mol. The molecule has 0 saturated carbocycles. The van der Waals surface area contributed by atoms with Gasteiger partial charge in [-0.3, -0.25) is 9.78 Å². The highest BCUT2D eigenvalue weighted by Crippen LogP contribution is 2.27. The third-order valence-corrected chi connectivity index (χ3v) is 4.47. The number of halogens is 1. The molecule has 0 aliphatic carbocycles. The fourth-order valence-corrected chi connectivity index (χ4v) is 2.92. The van der Waals surface area contributed by atoms with E-state index >= 15 is 0 Å². The number of nitrogens with one attached hydrogen (secondary N) is 1. The van der Waals surface area contributed by atoms with Crippen LogP contribution in [0.3, 0.4) is 0 Å². The summed E-state index contributed by atoms with van der Waals surface area (Å²) in [5.74, 6) is -1.69. The number of nitrogens with zero attached hydrogens (tertiary/aromatic N) is 2. The SMILES string of the molecule is N#CCCOC(=O)c1cccc(-c2cc(C(=O)Nc3ccncc3F)ccc2CN)c1. The van der Waals surface area contributed by atoms with Crippen LogP contribution in [0.1, 0.15) is 32.7 Å². The molecule has 0 unspecified atom stereocenters. The van der Waals surface area contributed by atoms with Crippen molar-refractivity contribution in [1.82, 2.24) is 4.98 Å². The molecule has 3 N–H and O–H groups in total. The number of esters is 1. The molecule has 31 heavy (non-hydrogen) atoms. The maximum absolute atomic E-state index is 13.8. The number of aromatic nitrogens is 1. The van der Waals surface area contributed by atoms with Gasteiger partial charge in [-0.05, 0) is 47.0 Å². The first-order chi connectivity index (χ1) is 15.0. The number of nitriles is 1. The van der Waals surface area contributed by atoms with Crippen molar-refractivity contribution in [3.63, 3.8) is 0 Å². The van der Waals surface area contributed by atoms with Crippen molar-refractivity contribution in [2.75, 3.05) is 11.9 Å². The molecule has 1 aromatic heterocycles. The smallest absolute Gasteiger partial charge is 0.338 e. The van der Waals surface area contributed by atoms with Gasteiger partial charge >= 0.3 is 5.97 Å². The minimum absolute atomic E-state index is 0.00876. The Morgan fingerprint density at radius 3 is 2.74 bits per heavy atom. The van der Waals surface area contributed by atoms with Crippen molar-refractivity contribution in [2.45, 2.75) is 13.0 Å². The van der Waals surface area contributed by atoms with Crippen molar-refractivity contribution in [1.29, 1.82) is 5.26 Å². The Morgan fingerprint density at radius 1 is 1.16 bits per heavy atom. The van der Waals surface area contributed by atoms with E-state index in [4.69, 9.17) is 15.7 Å². The van der Waals surface area contributed by atoms with Crippen LogP contribution in [0.4, 0.5) is 10.1 Å². The summed E-state index contributed by atoms with van der Waals surface area (Å²) in [6.07, 6.45) is 2.50. The predicted molar refractivity (Wildman–Crippen MR) is 112 cm³/mol. The van der Waals surface area contributed by atoms with Crippen LogP contribution in [0.25, 0.3) is 11.1 Å². The molecule has 0 saturated heterocycles. The molecule has 0 spiro atoms. The standard InChI is InChI=1S/C23H19FN4O3/c24-20-14-27-9-7-21(20)28-22(29)16-5-6-18(13-26)19(12-16)15-3-1-4-17(11-15)23(30)31-10-2-8-25/h1,3-7,9,11-12,14H,2,10,13,26H2,(H,27,28,29). The molecule has 8 heteroatoms. The van der Waals surface area contributed by atoms with Crippen LogP contribution in [0.2, 0.25) is 0 Å². The van der Waals surface area contributed by atoms with E-state index in [1.807, 2.05) is 6.07 Å². The van der Waals surface area contributed by atoms with Gasteiger partial charge in [0.1, 0.15) is 6.61 Å². The van der Waals surface area contributed by atoms with Gasteiger partial charge in [0.05, 0.1) is 29.9 Å². The van der Waals surface area contributed by atoms with Gasteiger partial charge in [-0.2, -0.15) is 5.26 Å². The Morgan fingerprint density at radius 2 is 2.00 bits per heavy atom. The quantitative estimate of drug-likeness (QED) is 0.446. The van der Waals surface area contributed by atoms with Crippen molar-refractivity contribution in [3.05, 3.63) is 83.4 Å². The number of ether oxygens (including phenoxy) is 1. The number of rotatable bonds is 7. The molecule has 0 aliphatic rings. The number of amides is 1. The zero-order valence-corrected chi connectivity index (χ0v) is 16.5. The van der Waals surface area contributed by atoms with E-state index in [-0.39, 0.29) is 25.3 Å². The average molecular weight is 418 g/mol. The number of carbonyl (C=O) groups is 2. The first-order valence-electron chi connectivity index (χ1n) is 9.42. The third-order valence-electron chi connectivity index (χ3n) is 4.47. The van der Waals surface area contributed by atoms with E-state index in [9.17, 15) is 14.0 Å². The van der Waals surface area contributed by atoms with E-state index in [0.717, 1.165) is 11.8 Å². The Balaban J connectivity index is 1.90. The Bertz CT molecular complexity index is 1160. The molecule has 3 rings (SSSR count). The molecule has 3 aromatic rings. The van der Waals surface area contributed by atoms with E-state index < -0.39 is 17.7 Å². The summed E-state index contributed by atoms with van der Waals surface area (Å²) in [7, 11) is 0. The van der Waals surface area contributed by atoms with Gasteiger partial charge < -0.3 is 15.8 Å². The second-order valence-corrected chi connectivity index (χ2v) is 6.51. The Labute approximate surface area is 178 Å². The summed E-state index contributed by atoms with van der Waals surface area (Å²) >= 11 is 0. The highest BCUT2D eigenvalue weighted by atomic mass is 19.1. The topological polar surface area (TPSA) is 118 Å². The van der Waals surface area contributed by atoms with Crippen LogP contribution < -0.4 is 11.1 Å². The molecule has 0 aliphatic heterocycles. The fraction of sp³-hybridized carbons (Fsp3) is 0.130. The van der Waals surface area contributed by atoms with Crippen molar-refractivity contribution in [2.24, 2.45) is 5.73 Å². The number of pyridine rings is 1. The van der Waals surface area contributed by atoms with Crippen LogP contribution in [-0.2, 0) is 11.3 Å². The van der Waals surface area contributed by atoms with E-state index in [1.54, 1.807) is 42.5 Å². The normalized spacial score (nSPS) is 10.2. The van der Waals surface area contributed by atoms with Crippen molar-refractivity contribution < 1.29 is 18.7 Å². The number of carbonyl (C=O) groups excluding carboxylic acids is 2. The first-order valence-corrected chi connectivity index (χ1v) is 9.42. The van der Waals surface area contributed by atoms with Gasteiger partial charge in [0.15, 0.2) is 5.82 Å². The van der Waals surface area contributed by atoms with Crippen LogP contribution >= 0.6 is 0 Å². The van der Waals surface area contributed by atoms with Crippen LogP contribution in [0, 0.1) is 17.1 Å². The maximum Gasteiger partial charge on any atom is 0.338 e. The van der Waals surface area contributed by atoms with Gasteiger partial charge in [-0.15, -0.1) is 0 Å². The second kappa shape index (κ2) is 10.1. The third kappa shape index (κ3) is 5.29. The fourth-order valence-electron chi connectivity index (χ4n) is 2.92. The molecule has 0 atom stereocenters. The molecule has 7 nitrogen and oxygen atoms in total. The number of benzene rings is 2.